The number of aromatic nitrogens is 1. The van der Waals surface area contributed by atoms with Gasteiger partial charge in [0.2, 0.25) is 0 Å². The summed E-state index contributed by atoms with van der Waals surface area (Å²) in [5.41, 5.74) is 0.318. The number of carbonyl (C=O) groups is 1. The van der Waals surface area contributed by atoms with Gasteiger partial charge in [0.25, 0.3) is 5.91 Å². The maximum absolute atomic E-state index is 12.3. The summed E-state index contributed by atoms with van der Waals surface area (Å²) in [6.45, 7) is 7.55. The van der Waals surface area contributed by atoms with E-state index < -0.39 is 0 Å². The van der Waals surface area contributed by atoms with Crippen LogP contribution in [0.15, 0.2) is 12.3 Å². The van der Waals surface area contributed by atoms with Crippen molar-refractivity contribution in [2.75, 3.05) is 32.5 Å². The number of likely N-dealkylation sites (N-methyl/N-ethyl adjacent to an activating group) is 1. The van der Waals surface area contributed by atoms with Crippen LogP contribution in [0.2, 0.25) is 5.02 Å². The largest absolute Gasteiger partial charge is 0.370 e. The molecule has 0 aliphatic carbocycles. The summed E-state index contributed by atoms with van der Waals surface area (Å²) in [6.07, 6.45) is 2.49. The van der Waals surface area contributed by atoms with Crippen LogP contribution < -0.4 is 10.6 Å². The number of nitrogens with zero attached hydrogens (tertiary/aromatic N) is 2. The van der Waals surface area contributed by atoms with Crippen LogP contribution in [-0.2, 0) is 0 Å². The van der Waals surface area contributed by atoms with E-state index in [9.17, 15) is 4.79 Å². The van der Waals surface area contributed by atoms with E-state index in [2.05, 4.69) is 41.3 Å². The van der Waals surface area contributed by atoms with Gasteiger partial charge in [-0.1, -0.05) is 18.5 Å². The molecular weight excluding hydrogens is 288 g/mol. The van der Waals surface area contributed by atoms with Crippen molar-refractivity contribution < 1.29 is 4.79 Å². The van der Waals surface area contributed by atoms with E-state index in [0.717, 1.165) is 13.0 Å². The van der Waals surface area contributed by atoms with Crippen LogP contribution in [0.3, 0.4) is 0 Å². The third kappa shape index (κ3) is 5.17. The molecule has 0 aliphatic heterocycles. The topological polar surface area (TPSA) is 57.3 Å². The number of amides is 1. The molecule has 1 aromatic rings. The summed E-state index contributed by atoms with van der Waals surface area (Å²) >= 11 is 6.08. The van der Waals surface area contributed by atoms with Gasteiger partial charge in [-0.15, -0.1) is 0 Å². The predicted octanol–water partition coefficient (Wildman–Crippen LogP) is 2.63. The highest BCUT2D eigenvalue weighted by atomic mass is 35.5. The first kappa shape index (κ1) is 17.7. The van der Waals surface area contributed by atoms with Gasteiger partial charge < -0.3 is 15.5 Å². The molecular formula is C15H25ClN4O. The molecule has 5 nitrogen and oxygen atoms in total. The van der Waals surface area contributed by atoms with Crippen LogP contribution in [0.25, 0.3) is 0 Å². The Kier molecular flexibility index (Phi) is 6.42. The molecule has 1 heterocycles. The third-order valence-corrected chi connectivity index (χ3v) is 3.85. The molecule has 0 unspecified atom stereocenters. The molecule has 0 aromatic carbocycles. The molecule has 1 aromatic heterocycles. The highest BCUT2D eigenvalue weighted by Gasteiger charge is 2.22. The summed E-state index contributed by atoms with van der Waals surface area (Å²) < 4.78 is 0. The van der Waals surface area contributed by atoms with Gasteiger partial charge in [-0.2, -0.15) is 0 Å². The van der Waals surface area contributed by atoms with Gasteiger partial charge >= 0.3 is 0 Å². The Bertz CT molecular complexity index is 489. The summed E-state index contributed by atoms with van der Waals surface area (Å²) in [6, 6.07) is 1.69. The molecule has 0 radical (unpaired) electrons. The molecule has 1 rings (SSSR count). The van der Waals surface area contributed by atoms with Gasteiger partial charge in [0, 0.05) is 24.8 Å². The molecule has 0 aliphatic rings. The SMILES string of the molecule is CCCNc1cc(C(=O)NCC(C)(C)N(C)C)c(Cl)cn1. The zero-order valence-corrected chi connectivity index (χ0v) is 14.2. The van der Waals surface area contributed by atoms with E-state index in [-0.39, 0.29) is 11.4 Å². The lowest BCUT2D eigenvalue weighted by molar-refractivity contribution is 0.0920. The van der Waals surface area contributed by atoms with Crippen LogP contribution in [0.4, 0.5) is 5.82 Å². The first-order valence-corrected chi connectivity index (χ1v) is 7.50. The highest BCUT2D eigenvalue weighted by molar-refractivity contribution is 6.33. The number of anilines is 1. The quantitative estimate of drug-likeness (QED) is 0.812. The highest BCUT2D eigenvalue weighted by Crippen LogP contribution is 2.18. The number of hydrogen-bond donors (Lipinski definition) is 2. The minimum atomic E-state index is -0.183. The second-order valence-corrected chi connectivity index (χ2v) is 6.27. The van der Waals surface area contributed by atoms with Crippen LogP contribution in [0, 0.1) is 0 Å². The minimum Gasteiger partial charge on any atom is -0.370 e. The molecule has 6 heteroatoms. The van der Waals surface area contributed by atoms with Crippen molar-refractivity contribution >= 4 is 23.3 Å². The maximum atomic E-state index is 12.3. The van der Waals surface area contributed by atoms with Crippen LogP contribution >= 0.6 is 11.6 Å². The van der Waals surface area contributed by atoms with Crippen molar-refractivity contribution in [3.05, 3.63) is 22.8 Å². The average Bonchev–Trinajstić information content (AvgIpc) is 2.43. The molecule has 0 atom stereocenters. The summed E-state index contributed by atoms with van der Waals surface area (Å²) in [5, 5.41) is 6.43. The number of carbonyl (C=O) groups excluding carboxylic acids is 1. The molecule has 2 N–H and O–H groups in total. The molecule has 0 fully saturated rings. The van der Waals surface area contributed by atoms with Gasteiger partial charge in [0.15, 0.2) is 0 Å². The zero-order chi connectivity index (χ0) is 16.0. The first-order chi connectivity index (χ1) is 9.77. The fourth-order valence-corrected chi connectivity index (χ4v) is 1.70. The van der Waals surface area contributed by atoms with E-state index in [1.807, 2.05) is 14.1 Å². The Morgan fingerprint density at radius 1 is 1.43 bits per heavy atom. The second-order valence-electron chi connectivity index (χ2n) is 5.87. The molecule has 0 saturated heterocycles. The fraction of sp³-hybridized carbons (Fsp3) is 0.600. The van der Waals surface area contributed by atoms with Gasteiger partial charge in [0.05, 0.1) is 10.6 Å². The van der Waals surface area contributed by atoms with E-state index in [4.69, 9.17) is 11.6 Å². The minimum absolute atomic E-state index is 0.127. The predicted molar refractivity (Wildman–Crippen MR) is 88.1 cm³/mol. The van der Waals surface area contributed by atoms with Crippen molar-refractivity contribution in [1.82, 2.24) is 15.2 Å². The molecule has 0 bridgehead atoms. The Balaban J connectivity index is 2.77. The molecule has 118 valence electrons. The first-order valence-electron chi connectivity index (χ1n) is 7.13. The molecule has 0 spiro atoms. The second kappa shape index (κ2) is 7.61. The average molecular weight is 313 g/mol. The van der Waals surface area contributed by atoms with Gasteiger partial charge in [-0.3, -0.25) is 4.79 Å². The number of nitrogens with one attached hydrogen (secondary N) is 2. The maximum Gasteiger partial charge on any atom is 0.253 e. The smallest absolute Gasteiger partial charge is 0.253 e. The monoisotopic (exact) mass is 312 g/mol. The Labute approximate surface area is 132 Å². The molecule has 1 amide bonds. The lowest BCUT2D eigenvalue weighted by Crippen LogP contribution is -2.48. The van der Waals surface area contributed by atoms with Crippen LogP contribution in [0.5, 0.6) is 0 Å². The number of pyridine rings is 1. The standard InChI is InChI=1S/C15H25ClN4O/c1-6-7-17-13-8-11(12(16)9-18-13)14(21)19-10-15(2,3)20(4)5/h8-9H,6-7,10H2,1-5H3,(H,17,18)(H,19,21). The third-order valence-electron chi connectivity index (χ3n) is 3.55. The van der Waals surface area contributed by atoms with Crippen molar-refractivity contribution in [2.24, 2.45) is 0 Å². The number of halogens is 1. The number of hydrogen-bond acceptors (Lipinski definition) is 4. The Morgan fingerprint density at radius 3 is 2.67 bits per heavy atom. The van der Waals surface area contributed by atoms with Crippen molar-refractivity contribution in [3.63, 3.8) is 0 Å². The fourth-order valence-electron chi connectivity index (χ4n) is 1.51. The van der Waals surface area contributed by atoms with E-state index in [1.165, 1.54) is 6.20 Å². The number of rotatable bonds is 7. The van der Waals surface area contributed by atoms with Gasteiger partial charge in [-0.05, 0) is 40.4 Å². The van der Waals surface area contributed by atoms with Crippen LogP contribution in [-0.4, -0.2) is 48.5 Å². The van der Waals surface area contributed by atoms with Crippen molar-refractivity contribution in [2.45, 2.75) is 32.7 Å². The van der Waals surface area contributed by atoms with E-state index in [0.29, 0.717) is 22.9 Å². The van der Waals surface area contributed by atoms with Gasteiger partial charge in [0.1, 0.15) is 5.82 Å². The van der Waals surface area contributed by atoms with E-state index >= 15 is 0 Å². The van der Waals surface area contributed by atoms with Crippen molar-refractivity contribution in [3.8, 4) is 0 Å². The van der Waals surface area contributed by atoms with Gasteiger partial charge in [-0.25, -0.2) is 4.98 Å². The Morgan fingerprint density at radius 2 is 2.10 bits per heavy atom. The van der Waals surface area contributed by atoms with Crippen molar-refractivity contribution in [1.29, 1.82) is 0 Å². The normalized spacial score (nSPS) is 11.6. The molecule has 0 saturated carbocycles. The molecule has 21 heavy (non-hydrogen) atoms. The zero-order valence-electron chi connectivity index (χ0n) is 13.5. The lowest BCUT2D eigenvalue weighted by Gasteiger charge is -2.32. The summed E-state index contributed by atoms with van der Waals surface area (Å²) in [4.78, 5) is 18.5. The van der Waals surface area contributed by atoms with E-state index in [1.54, 1.807) is 6.07 Å². The Hall–Kier alpha value is -1.33. The summed E-state index contributed by atoms with van der Waals surface area (Å²) in [5.74, 6) is 0.482. The lowest BCUT2D eigenvalue weighted by atomic mass is 10.0. The van der Waals surface area contributed by atoms with Crippen LogP contribution in [0.1, 0.15) is 37.6 Å². The summed E-state index contributed by atoms with van der Waals surface area (Å²) in [7, 11) is 3.97.